The zero-order valence-corrected chi connectivity index (χ0v) is 12.8. The van der Waals surface area contributed by atoms with Gasteiger partial charge in [-0.3, -0.25) is 0 Å². The second-order valence-electron chi connectivity index (χ2n) is 3.76. The van der Waals surface area contributed by atoms with Crippen LogP contribution in [-0.2, 0) is 0 Å². The van der Waals surface area contributed by atoms with Gasteiger partial charge in [-0.1, -0.05) is 6.92 Å². The van der Waals surface area contributed by atoms with Crippen LogP contribution in [0.5, 0.6) is 0 Å². The zero-order chi connectivity index (χ0) is 12.0. The van der Waals surface area contributed by atoms with E-state index in [4.69, 9.17) is 5.73 Å². The minimum absolute atomic E-state index is 0.474. The molecule has 0 fully saturated rings. The first kappa shape index (κ1) is 14.0. The summed E-state index contributed by atoms with van der Waals surface area (Å²) in [6.45, 7) is 4.40. The Balaban J connectivity index is 2.46. The lowest BCUT2D eigenvalue weighted by Gasteiger charge is -2.16. The Kier molecular flexibility index (Phi) is 6.34. The molecule has 0 aliphatic heterocycles. The van der Waals surface area contributed by atoms with Gasteiger partial charge in [0.15, 0.2) is 0 Å². The van der Waals surface area contributed by atoms with Crippen molar-refractivity contribution in [1.29, 1.82) is 0 Å². The Morgan fingerprint density at radius 3 is 2.88 bits per heavy atom. The van der Waals surface area contributed by atoms with Crippen LogP contribution in [0.15, 0.2) is 18.2 Å². The van der Waals surface area contributed by atoms with Crippen molar-refractivity contribution in [3.05, 3.63) is 21.8 Å². The first-order valence-corrected chi connectivity index (χ1v) is 7.76. The lowest BCUT2D eigenvalue weighted by atomic mass is 10.2. The van der Waals surface area contributed by atoms with Gasteiger partial charge >= 0.3 is 0 Å². The van der Waals surface area contributed by atoms with Crippen LogP contribution in [0.2, 0.25) is 0 Å². The lowest BCUT2D eigenvalue weighted by Crippen LogP contribution is -2.17. The minimum atomic E-state index is 0.474. The Morgan fingerprint density at radius 2 is 2.25 bits per heavy atom. The van der Waals surface area contributed by atoms with Crippen LogP contribution in [0.1, 0.15) is 20.3 Å². The maximum absolute atomic E-state index is 5.95. The van der Waals surface area contributed by atoms with E-state index in [9.17, 15) is 0 Å². The fourth-order valence-corrected chi connectivity index (χ4v) is 2.73. The molecule has 0 radical (unpaired) electrons. The molecule has 0 aromatic heterocycles. The number of hydrogen-bond donors (Lipinski definition) is 2. The zero-order valence-electron chi connectivity index (χ0n) is 9.79. The molecule has 90 valence electrons. The van der Waals surface area contributed by atoms with Gasteiger partial charge in [0.25, 0.3) is 0 Å². The van der Waals surface area contributed by atoms with E-state index in [1.165, 1.54) is 21.5 Å². The summed E-state index contributed by atoms with van der Waals surface area (Å²) in [4.78, 5) is 0. The third kappa shape index (κ3) is 4.82. The van der Waals surface area contributed by atoms with Gasteiger partial charge < -0.3 is 11.1 Å². The molecule has 0 aliphatic carbocycles. The molecule has 3 N–H and O–H groups in total. The number of anilines is 2. The Hall–Kier alpha value is -0.100. The molecule has 1 atom stereocenters. The molecule has 0 saturated heterocycles. The molecule has 0 aliphatic rings. The Morgan fingerprint density at radius 1 is 1.50 bits per heavy atom. The Labute approximate surface area is 116 Å². The van der Waals surface area contributed by atoms with Crippen LogP contribution in [0.4, 0.5) is 11.4 Å². The molecule has 0 heterocycles. The quantitative estimate of drug-likeness (QED) is 0.465. The van der Waals surface area contributed by atoms with E-state index < -0.39 is 0 Å². The number of rotatable bonds is 6. The predicted molar refractivity (Wildman–Crippen MR) is 84.3 cm³/mol. The van der Waals surface area contributed by atoms with Gasteiger partial charge in [-0.2, -0.15) is 11.8 Å². The topological polar surface area (TPSA) is 38.0 Å². The molecule has 2 nitrogen and oxygen atoms in total. The predicted octanol–water partition coefficient (Wildman–Crippen LogP) is 3.82. The van der Waals surface area contributed by atoms with Gasteiger partial charge in [0.05, 0.1) is 11.4 Å². The summed E-state index contributed by atoms with van der Waals surface area (Å²) in [5.74, 6) is 2.40. The highest BCUT2D eigenvalue weighted by molar-refractivity contribution is 14.1. The summed E-state index contributed by atoms with van der Waals surface area (Å²) < 4.78 is 1.18. The number of halogens is 1. The monoisotopic (exact) mass is 350 g/mol. The van der Waals surface area contributed by atoms with Crippen molar-refractivity contribution in [3.8, 4) is 0 Å². The summed E-state index contributed by atoms with van der Waals surface area (Å²) in [6.07, 6.45) is 1.17. The van der Waals surface area contributed by atoms with Gasteiger partial charge in [-0.05, 0) is 65.6 Å². The van der Waals surface area contributed by atoms with Crippen molar-refractivity contribution < 1.29 is 0 Å². The highest BCUT2D eigenvalue weighted by atomic mass is 127. The number of nitrogen functional groups attached to an aromatic ring is 1. The first-order chi connectivity index (χ1) is 7.63. The third-order valence-corrected chi connectivity index (χ3v) is 3.92. The van der Waals surface area contributed by atoms with Crippen molar-refractivity contribution in [2.75, 3.05) is 22.6 Å². The summed E-state index contributed by atoms with van der Waals surface area (Å²) in [6, 6.07) is 6.60. The van der Waals surface area contributed by atoms with E-state index in [0.29, 0.717) is 6.04 Å². The van der Waals surface area contributed by atoms with Crippen LogP contribution < -0.4 is 11.1 Å². The normalized spacial score (nSPS) is 12.4. The second-order valence-corrected chi connectivity index (χ2v) is 6.40. The van der Waals surface area contributed by atoms with E-state index in [-0.39, 0.29) is 0 Å². The van der Waals surface area contributed by atoms with Crippen molar-refractivity contribution in [2.45, 2.75) is 26.3 Å². The summed E-state index contributed by atoms with van der Waals surface area (Å²) in [5.41, 5.74) is 7.84. The van der Waals surface area contributed by atoms with Crippen molar-refractivity contribution >= 4 is 45.7 Å². The summed E-state index contributed by atoms with van der Waals surface area (Å²) in [7, 11) is 0. The fourth-order valence-electron chi connectivity index (χ4n) is 1.41. The van der Waals surface area contributed by atoms with E-state index in [1.54, 1.807) is 0 Å². The molecule has 4 heteroatoms. The van der Waals surface area contributed by atoms with E-state index in [1.807, 2.05) is 17.8 Å². The number of hydrogen-bond acceptors (Lipinski definition) is 3. The van der Waals surface area contributed by atoms with Crippen molar-refractivity contribution in [1.82, 2.24) is 0 Å². The minimum Gasteiger partial charge on any atom is -0.397 e. The molecule has 0 spiro atoms. The molecule has 1 aromatic carbocycles. The molecule has 1 unspecified atom stereocenters. The maximum Gasteiger partial charge on any atom is 0.0576 e. The number of benzene rings is 1. The largest absolute Gasteiger partial charge is 0.397 e. The van der Waals surface area contributed by atoms with E-state index >= 15 is 0 Å². The van der Waals surface area contributed by atoms with Crippen LogP contribution in [0.25, 0.3) is 0 Å². The molecular weight excluding hydrogens is 331 g/mol. The number of thioether (sulfide) groups is 1. The van der Waals surface area contributed by atoms with Crippen LogP contribution in [0, 0.1) is 3.57 Å². The number of nitrogens with one attached hydrogen (secondary N) is 1. The van der Waals surface area contributed by atoms with Crippen LogP contribution in [0.3, 0.4) is 0 Å². The van der Waals surface area contributed by atoms with Gasteiger partial charge in [0, 0.05) is 9.61 Å². The molecular formula is C12H19IN2S. The molecule has 1 rings (SSSR count). The average Bonchev–Trinajstić information content (AvgIpc) is 2.23. The van der Waals surface area contributed by atoms with Crippen molar-refractivity contribution in [3.63, 3.8) is 0 Å². The molecule has 16 heavy (non-hydrogen) atoms. The first-order valence-electron chi connectivity index (χ1n) is 5.52. The molecule has 0 amide bonds. The van der Waals surface area contributed by atoms with Crippen LogP contribution in [-0.4, -0.2) is 17.5 Å². The van der Waals surface area contributed by atoms with Gasteiger partial charge in [0.1, 0.15) is 0 Å². The standard InChI is InChI=1S/C12H19IN2S/c1-3-16-7-6-9(2)15-12-5-4-10(13)8-11(12)14/h4-5,8-9,15H,3,6-7,14H2,1-2H3. The average molecular weight is 350 g/mol. The molecule has 0 bridgehead atoms. The smallest absolute Gasteiger partial charge is 0.0576 e. The highest BCUT2D eigenvalue weighted by Crippen LogP contribution is 2.22. The van der Waals surface area contributed by atoms with E-state index in [2.05, 4.69) is 53.9 Å². The van der Waals surface area contributed by atoms with Gasteiger partial charge in [-0.15, -0.1) is 0 Å². The number of nitrogens with two attached hydrogens (primary N) is 1. The lowest BCUT2D eigenvalue weighted by molar-refractivity contribution is 0.772. The van der Waals surface area contributed by atoms with Gasteiger partial charge in [0.2, 0.25) is 0 Å². The highest BCUT2D eigenvalue weighted by Gasteiger charge is 2.04. The van der Waals surface area contributed by atoms with Crippen LogP contribution >= 0.6 is 34.4 Å². The summed E-state index contributed by atoms with van der Waals surface area (Å²) in [5, 5.41) is 3.45. The Bertz CT molecular complexity index is 331. The molecule has 1 aromatic rings. The maximum atomic E-state index is 5.95. The van der Waals surface area contributed by atoms with E-state index in [0.717, 1.165) is 11.4 Å². The second kappa shape index (κ2) is 7.27. The molecule has 0 saturated carbocycles. The fraction of sp³-hybridized carbons (Fsp3) is 0.500. The summed E-state index contributed by atoms with van der Waals surface area (Å²) >= 11 is 4.25. The van der Waals surface area contributed by atoms with Crippen molar-refractivity contribution in [2.24, 2.45) is 0 Å². The SMILES string of the molecule is CCSCCC(C)Nc1ccc(I)cc1N. The third-order valence-electron chi connectivity index (χ3n) is 2.31. The van der Waals surface area contributed by atoms with Gasteiger partial charge in [-0.25, -0.2) is 0 Å².